The van der Waals surface area contributed by atoms with E-state index in [-0.39, 0.29) is 36.3 Å². The van der Waals surface area contributed by atoms with Gasteiger partial charge in [-0.25, -0.2) is 4.79 Å². The van der Waals surface area contributed by atoms with Gasteiger partial charge in [-0.3, -0.25) is 0 Å². The van der Waals surface area contributed by atoms with Gasteiger partial charge < -0.3 is 18.9 Å². The van der Waals surface area contributed by atoms with Crippen molar-refractivity contribution in [3.05, 3.63) is 66.2 Å². The van der Waals surface area contributed by atoms with Gasteiger partial charge in [0.15, 0.2) is 5.79 Å². The minimum Gasteiger partial charge on any atom is -0.459 e. The Hall–Kier alpha value is -1.86. The predicted molar refractivity (Wildman–Crippen MR) is 102 cm³/mol. The topological polar surface area (TPSA) is 54.0 Å². The first-order valence-corrected chi connectivity index (χ1v) is 9.85. The molecule has 0 amide bonds. The molecule has 6 heteroatoms. The van der Waals surface area contributed by atoms with E-state index >= 15 is 0 Å². The quantitative estimate of drug-likeness (QED) is 0.727. The first kappa shape index (κ1) is 18.5. The van der Waals surface area contributed by atoms with Crippen LogP contribution < -0.4 is 0 Å². The number of carbonyl (C=O) groups excluding carboxylic acids is 1. The Kier molecular flexibility index (Phi) is 5.23. The summed E-state index contributed by atoms with van der Waals surface area (Å²) in [6.45, 7) is 3.91. The Morgan fingerprint density at radius 3 is 2.33 bits per heavy atom. The predicted octanol–water partition coefficient (Wildman–Crippen LogP) is 3.88. The molecule has 2 fully saturated rings. The van der Waals surface area contributed by atoms with Crippen molar-refractivity contribution in [1.82, 2.24) is 0 Å². The lowest BCUT2D eigenvalue weighted by atomic mass is 10.1. The van der Waals surface area contributed by atoms with Crippen LogP contribution in [0.3, 0.4) is 0 Å². The molecule has 0 bridgehead atoms. The number of hydrogen-bond acceptors (Lipinski definition) is 6. The van der Waals surface area contributed by atoms with E-state index in [2.05, 4.69) is 0 Å². The first-order chi connectivity index (χ1) is 13.0. The molecule has 0 N–H and O–H groups in total. The van der Waals surface area contributed by atoms with Crippen LogP contribution in [0.1, 0.15) is 24.2 Å². The van der Waals surface area contributed by atoms with E-state index in [9.17, 15) is 4.79 Å². The molecule has 0 aliphatic carbocycles. The van der Waals surface area contributed by atoms with Crippen LogP contribution in [0, 0.1) is 0 Å². The Bertz CT molecular complexity index is 780. The van der Waals surface area contributed by atoms with Crippen molar-refractivity contribution in [2.24, 2.45) is 0 Å². The SMILES string of the molecule is CC1(C)O[C@@H]2[C@H](O1)[C@H](Sc1ccccc1)O[C@@H]2COC(=O)c1ccccc1. The molecule has 2 aliphatic heterocycles. The maximum atomic E-state index is 12.2. The second-order valence-electron chi connectivity index (χ2n) is 7.00. The second kappa shape index (κ2) is 7.64. The average Bonchev–Trinajstić information content (AvgIpc) is 3.15. The minimum atomic E-state index is -0.684. The van der Waals surface area contributed by atoms with Gasteiger partial charge in [0.2, 0.25) is 0 Å². The monoisotopic (exact) mass is 386 g/mol. The van der Waals surface area contributed by atoms with Gasteiger partial charge in [-0.15, -0.1) is 0 Å². The fraction of sp³-hybridized carbons (Fsp3) is 0.381. The summed E-state index contributed by atoms with van der Waals surface area (Å²) >= 11 is 1.60. The van der Waals surface area contributed by atoms with Crippen LogP contribution in [0.4, 0.5) is 0 Å². The van der Waals surface area contributed by atoms with E-state index in [1.54, 1.807) is 23.9 Å². The van der Waals surface area contributed by atoms with Crippen LogP contribution in [0.2, 0.25) is 0 Å². The number of hydrogen-bond donors (Lipinski definition) is 0. The first-order valence-electron chi connectivity index (χ1n) is 8.97. The van der Waals surface area contributed by atoms with E-state index in [1.165, 1.54) is 0 Å². The van der Waals surface area contributed by atoms with E-state index < -0.39 is 5.79 Å². The van der Waals surface area contributed by atoms with Crippen molar-refractivity contribution >= 4 is 17.7 Å². The molecule has 2 aromatic rings. The van der Waals surface area contributed by atoms with Crippen LogP contribution in [-0.4, -0.2) is 42.1 Å². The smallest absolute Gasteiger partial charge is 0.338 e. The van der Waals surface area contributed by atoms with Crippen molar-refractivity contribution < 1.29 is 23.7 Å². The zero-order chi connectivity index (χ0) is 18.9. The number of carbonyl (C=O) groups is 1. The molecule has 2 heterocycles. The molecule has 2 aromatic carbocycles. The third kappa shape index (κ3) is 4.19. The van der Waals surface area contributed by atoms with Gasteiger partial charge >= 0.3 is 5.97 Å². The van der Waals surface area contributed by atoms with Gasteiger partial charge in [-0.05, 0) is 38.1 Å². The van der Waals surface area contributed by atoms with Crippen LogP contribution in [0.5, 0.6) is 0 Å². The molecule has 142 valence electrons. The van der Waals surface area contributed by atoms with Crippen molar-refractivity contribution in [3.8, 4) is 0 Å². The largest absolute Gasteiger partial charge is 0.459 e. The standard InChI is InChI=1S/C21H22O5S/c1-21(2)25-17-16(13-23-19(22)14-9-5-3-6-10-14)24-20(18(17)26-21)27-15-11-7-4-8-12-15/h3-12,16-18,20H,13H2,1-2H3/t16-,17+,18+,20+/m1/s1. The van der Waals surface area contributed by atoms with E-state index in [0.29, 0.717) is 5.56 Å². The number of thioether (sulfide) groups is 1. The lowest BCUT2D eigenvalue weighted by molar-refractivity contribution is -0.181. The highest BCUT2D eigenvalue weighted by molar-refractivity contribution is 7.99. The lowest BCUT2D eigenvalue weighted by Crippen LogP contribution is -2.33. The highest BCUT2D eigenvalue weighted by Crippen LogP contribution is 2.44. The van der Waals surface area contributed by atoms with Crippen molar-refractivity contribution in [3.63, 3.8) is 0 Å². The summed E-state index contributed by atoms with van der Waals surface area (Å²) in [5.41, 5.74) is 0.297. The highest BCUT2D eigenvalue weighted by atomic mass is 32.2. The third-order valence-corrected chi connectivity index (χ3v) is 5.65. The van der Waals surface area contributed by atoms with Gasteiger partial charge in [-0.2, -0.15) is 0 Å². The summed E-state index contributed by atoms with van der Waals surface area (Å²) in [5, 5.41) is 0. The molecule has 0 radical (unpaired) electrons. The zero-order valence-corrected chi connectivity index (χ0v) is 16.1. The summed E-state index contributed by atoms with van der Waals surface area (Å²) < 4.78 is 23.7. The van der Waals surface area contributed by atoms with Gasteiger partial charge in [0.1, 0.15) is 30.4 Å². The number of rotatable bonds is 5. The maximum absolute atomic E-state index is 12.2. The molecule has 2 aliphatic rings. The Balaban J connectivity index is 1.44. The van der Waals surface area contributed by atoms with E-state index in [4.69, 9.17) is 18.9 Å². The minimum absolute atomic E-state index is 0.125. The second-order valence-corrected chi connectivity index (χ2v) is 8.17. The molecule has 27 heavy (non-hydrogen) atoms. The third-order valence-electron chi connectivity index (χ3n) is 4.49. The average molecular weight is 386 g/mol. The zero-order valence-electron chi connectivity index (χ0n) is 15.2. The Morgan fingerprint density at radius 2 is 1.63 bits per heavy atom. The number of ether oxygens (including phenoxy) is 4. The van der Waals surface area contributed by atoms with Crippen LogP contribution in [0.15, 0.2) is 65.6 Å². The molecule has 0 aromatic heterocycles. The molecule has 0 saturated carbocycles. The molecular formula is C21H22O5S. The summed E-state index contributed by atoms with van der Waals surface area (Å²) in [6, 6.07) is 19.0. The van der Waals surface area contributed by atoms with Crippen LogP contribution in [-0.2, 0) is 18.9 Å². The summed E-state index contributed by atoms with van der Waals surface area (Å²) in [4.78, 5) is 13.3. The molecule has 4 rings (SSSR count). The van der Waals surface area contributed by atoms with Gasteiger partial charge in [0.25, 0.3) is 0 Å². The van der Waals surface area contributed by atoms with E-state index in [0.717, 1.165) is 4.90 Å². The molecule has 2 saturated heterocycles. The number of esters is 1. The van der Waals surface area contributed by atoms with E-state index in [1.807, 2.05) is 62.4 Å². The van der Waals surface area contributed by atoms with Crippen LogP contribution >= 0.6 is 11.8 Å². The number of benzene rings is 2. The number of fused-ring (bicyclic) bond motifs is 1. The molecule has 0 unspecified atom stereocenters. The fourth-order valence-corrected chi connectivity index (χ4v) is 4.45. The normalized spacial score (nSPS) is 28.7. The van der Waals surface area contributed by atoms with Crippen LogP contribution in [0.25, 0.3) is 0 Å². The lowest BCUT2D eigenvalue weighted by Gasteiger charge is -2.23. The maximum Gasteiger partial charge on any atom is 0.338 e. The molecular weight excluding hydrogens is 364 g/mol. The summed E-state index contributed by atoms with van der Waals surface area (Å²) in [6.07, 6.45) is -0.860. The van der Waals surface area contributed by atoms with Gasteiger partial charge in [0.05, 0.1) is 5.56 Å². The van der Waals surface area contributed by atoms with Gasteiger partial charge in [0, 0.05) is 4.90 Å². The molecule has 0 spiro atoms. The summed E-state index contributed by atoms with van der Waals surface area (Å²) in [5.74, 6) is -1.05. The Labute approximate surface area is 163 Å². The molecule has 4 atom stereocenters. The van der Waals surface area contributed by atoms with Crippen molar-refractivity contribution in [2.45, 2.75) is 48.3 Å². The van der Waals surface area contributed by atoms with Crippen molar-refractivity contribution in [2.75, 3.05) is 6.61 Å². The molecule has 5 nitrogen and oxygen atoms in total. The Morgan fingerprint density at radius 1 is 1.00 bits per heavy atom. The summed E-state index contributed by atoms with van der Waals surface area (Å²) in [7, 11) is 0. The van der Waals surface area contributed by atoms with Crippen molar-refractivity contribution in [1.29, 1.82) is 0 Å². The highest BCUT2D eigenvalue weighted by Gasteiger charge is 2.55. The fourth-order valence-electron chi connectivity index (χ4n) is 3.32. The van der Waals surface area contributed by atoms with Gasteiger partial charge in [-0.1, -0.05) is 48.2 Å².